The molecule has 0 radical (unpaired) electrons. The minimum Gasteiger partial charge on any atom is -0.353 e. The summed E-state index contributed by atoms with van der Waals surface area (Å²) in [7, 11) is -0.734. The first-order valence-corrected chi connectivity index (χ1v) is 14.7. The Bertz CT molecular complexity index is 411. The van der Waals surface area contributed by atoms with Gasteiger partial charge in [-0.2, -0.15) is 0 Å². The fourth-order valence-corrected chi connectivity index (χ4v) is 5.81. The van der Waals surface area contributed by atoms with E-state index in [1.807, 2.05) is 0 Å². The summed E-state index contributed by atoms with van der Waals surface area (Å²) in [4.78, 5) is 0. The van der Waals surface area contributed by atoms with E-state index in [2.05, 4.69) is 52.0 Å². The van der Waals surface area contributed by atoms with E-state index in [-0.39, 0.29) is 31.6 Å². The summed E-state index contributed by atoms with van der Waals surface area (Å²) < 4.78 is 23.4. The minimum absolute atomic E-state index is 0.0206. The molecule has 4 nitrogen and oxygen atoms in total. The average molecular weight is 427 g/mol. The van der Waals surface area contributed by atoms with Gasteiger partial charge in [-0.3, -0.25) is 0 Å². The van der Waals surface area contributed by atoms with E-state index in [9.17, 15) is 0 Å². The SMILES string of the molecule is CCCOC(C[SiH2]c1ccc([SiH2]CC(OCCC)OCCC)cc1)OCCC. The van der Waals surface area contributed by atoms with Crippen LogP contribution >= 0.6 is 0 Å². The molecule has 0 aliphatic rings. The van der Waals surface area contributed by atoms with E-state index in [0.29, 0.717) is 0 Å². The number of hydrogen-bond acceptors (Lipinski definition) is 4. The Morgan fingerprint density at radius 2 is 0.857 bits per heavy atom. The van der Waals surface area contributed by atoms with Crippen LogP contribution in [0.5, 0.6) is 0 Å². The molecule has 1 rings (SSSR count). The van der Waals surface area contributed by atoms with Crippen molar-refractivity contribution in [3.8, 4) is 0 Å². The molecule has 6 heteroatoms. The molecule has 0 saturated heterocycles. The molecule has 162 valence electrons. The predicted molar refractivity (Wildman–Crippen MR) is 125 cm³/mol. The van der Waals surface area contributed by atoms with Gasteiger partial charge in [0.15, 0.2) is 12.6 Å². The molecule has 0 spiro atoms. The monoisotopic (exact) mass is 426 g/mol. The summed E-state index contributed by atoms with van der Waals surface area (Å²) in [5, 5.41) is 2.98. The van der Waals surface area contributed by atoms with E-state index in [0.717, 1.165) is 64.2 Å². The second kappa shape index (κ2) is 17.4. The Morgan fingerprint density at radius 3 is 1.11 bits per heavy atom. The third-order valence-corrected chi connectivity index (χ3v) is 8.01. The van der Waals surface area contributed by atoms with Crippen molar-refractivity contribution < 1.29 is 18.9 Å². The lowest BCUT2D eigenvalue weighted by Gasteiger charge is -2.18. The highest BCUT2D eigenvalue weighted by molar-refractivity contribution is 6.55. The lowest BCUT2D eigenvalue weighted by molar-refractivity contribution is -0.129. The van der Waals surface area contributed by atoms with Crippen LogP contribution < -0.4 is 10.4 Å². The lowest BCUT2D eigenvalue weighted by Crippen LogP contribution is -2.28. The molecule has 0 fully saturated rings. The fourth-order valence-electron chi connectivity index (χ4n) is 2.87. The van der Waals surface area contributed by atoms with Crippen LogP contribution in [0.4, 0.5) is 0 Å². The van der Waals surface area contributed by atoms with Gasteiger partial charge in [0.2, 0.25) is 0 Å². The summed E-state index contributed by atoms with van der Waals surface area (Å²) in [6.45, 7) is 11.7. The van der Waals surface area contributed by atoms with Crippen molar-refractivity contribution in [1.29, 1.82) is 0 Å². The van der Waals surface area contributed by atoms with Gasteiger partial charge in [-0.25, -0.2) is 0 Å². The van der Waals surface area contributed by atoms with Gasteiger partial charge in [0, 0.05) is 26.4 Å². The van der Waals surface area contributed by atoms with E-state index in [1.165, 1.54) is 10.4 Å². The molecule has 0 amide bonds. The van der Waals surface area contributed by atoms with Crippen LogP contribution in [0.25, 0.3) is 0 Å². The van der Waals surface area contributed by atoms with Gasteiger partial charge < -0.3 is 18.9 Å². The van der Waals surface area contributed by atoms with Gasteiger partial charge in [-0.15, -0.1) is 0 Å². The van der Waals surface area contributed by atoms with Crippen molar-refractivity contribution in [2.24, 2.45) is 0 Å². The van der Waals surface area contributed by atoms with E-state index in [4.69, 9.17) is 18.9 Å². The first-order valence-electron chi connectivity index (χ1n) is 11.3. The fraction of sp³-hybridized carbons (Fsp3) is 0.727. The van der Waals surface area contributed by atoms with Gasteiger partial charge in [0.05, 0.1) is 19.0 Å². The summed E-state index contributed by atoms with van der Waals surface area (Å²) in [6.07, 6.45) is 4.12. The van der Waals surface area contributed by atoms with Crippen LogP contribution in [0.2, 0.25) is 12.1 Å². The highest BCUT2D eigenvalue weighted by Crippen LogP contribution is 2.05. The van der Waals surface area contributed by atoms with Crippen LogP contribution in [0.15, 0.2) is 24.3 Å². The lowest BCUT2D eigenvalue weighted by atomic mass is 10.4. The first-order chi connectivity index (χ1) is 13.7. The Labute approximate surface area is 177 Å². The van der Waals surface area contributed by atoms with Gasteiger partial charge in [0.25, 0.3) is 0 Å². The molecule has 28 heavy (non-hydrogen) atoms. The summed E-state index contributed by atoms with van der Waals surface area (Å²) >= 11 is 0. The molecule has 0 unspecified atom stereocenters. The summed E-state index contributed by atoms with van der Waals surface area (Å²) in [6, 6.07) is 11.4. The molecule has 0 aliphatic carbocycles. The number of ether oxygens (including phenoxy) is 4. The number of benzene rings is 1. The van der Waals surface area contributed by atoms with Crippen LogP contribution in [0, 0.1) is 0 Å². The third-order valence-electron chi connectivity index (χ3n) is 4.39. The second-order valence-corrected chi connectivity index (χ2v) is 11.0. The van der Waals surface area contributed by atoms with Crippen LogP contribution in [0.3, 0.4) is 0 Å². The Balaban J connectivity index is 2.43. The van der Waals surface area contributed by atoms with E-state index >= 15 is 0 Å². The van der Waals surface area contributed by atoms with E-state index in [1.54, 1.807) is 0 Å². The maximum Gasteiger partial charge on any atom is 0.155 e. The maximum atomic E-state index is 5.86. The Kier molecular flexibility index (Phi) is 15.8. The van der Waals surface area contributed by atoms with Crippen molar-refractivity contribution in [1.82, 2.24) is 0 Å². The summed E-state index contributed by atoms with van der Waals surface area (Å²) in [5.74, 6) is 0. The van der Waals surface area contributed by atoms with Crippen LogP contribution in [-0.4, -0.2) is 58.0 Å². The normalized spacial score (nSPS) is 12.5. The van der Waals surface area contributed by atoms with Crippen molar-refractivity contribution >= 4 is 29.4 Å². The number of hydrogen-bond donors (Lipinski definition) is 0. The summed E-state index contributed by atoms with van der Waals surface area (Å²) in [5.41, 5.74) is 0. The molecular formula is C22H42O4Si2. The zero-order chi connectivity index (χ0) is 20.5. The predicted octanol–water partition coefficient (Wildman–Crippen LogP) is 2.47. The standard InChI is InChI=1S/C22H42O4Si2/c1-5-13-23-21(24-14-6-2)17-27-19-9-11-20(12-10-19)28-18-22(25-15-7-3)26-16-8-4/h9-12,21-22H,5-8,13-18,27-28H2,1-4H3. The third kappa shape index (κ3) is 12.1. The quantitative estimate of drug-likeness (QED) is 0.267. The van der Waals surface area contributed by atoms with E-state index < -0.39 is 0 Å². The first kappa shape index (κ1) is 25.5. The highest BCUT2D eigenvalue weighted by atomic mass is 28.2. The molecule has 0 aliphatic heterocycles. The molecule has 0 aromatic heterocycles. The van der Waals surface area contributed by atoms with Crippen LogP contribution in [0.1, 0.15) is 53.4 Å². The highest BCUT2D eigenvalue weighted by Gasteiger charge is 2.11. The van der Waals surface area contributed by atoms with Crippen LogP contribution in [-0.2, 0) is 18.9 Å². The smallest absolute Gasteiger partial charge is 0.155 e. The maximum absolute atomic E-state index is 5.86. The Hall–Kier alpha value is -0.506. The second-order valence-electron chi connectivity index (χ2n) is 7.24. The van der Waals surface area contributed by atoms with Gasteiger partial charge >= 0.3 is 0 Å². The topological polar surface area (TPSA) is 36.9 Å². The van der Waals surface area contributed by atoms with Crippen molar-refractivity contribution in [2.75, 3.05) is 26.4 Å². The zero-order valence-corrected chi connectivity index (χ0v) is 21.4. The number of rotatable bonds is 18. The average Bonchev–Trinajstić information content (AvgIpc) is 2.73. The molecule has 0 bridgehead atoms. The molecular weight excluding hydrogens is 384 g/mol. The van der Waals surface area contributed by atoms with Gasteiger partial charge in [-0.1, -0.05) is 62.3 Å². The molecule has 1 aromatic rings. The van der Waals surface area contributed by atoms with Crippen molar-refractivity contribution in [3.63, 3.8) is 0 Å². The minimum atomic E-state index is -0.367. The molecule has 0 atom stereocenters. The van der Waals surface area contributed by atoms with Gasteiger partial charge in [-0.05, 0) is 37.8 Å². The Morgan fingerprint density at radius 1 is 0.571 bits per heavy atom. The van der Waals surface area contributed by atoms with Crippen molar-refractivity contribution in [3.05, 3.63) is 24.3 Å². The largest absolute Gasteiger partial charge is 0.353 e. The molecule has 1 aromatic carbocycles. The molecule has 0 saturated carbocycles. The molecule has 0 N–H and O–H groups in total. The molecule has 0 heterocycles. The zero-order valence-electron chi connectivity index (χ0n) is 18.6. The van der Waals surface area contributed by atoms with Gasteiger partial charge in [0.1, 0.15) is 0 Å². The van der Waals surface area contributed by atoms with Crippen molar-refractivity contribution in [2.45, 2.75) is 78.0 Å².